The summed E-state index contributed by atoms with van der Waals surface area (Å²) in [6, 6.07) is 1.28. The molecule has 1 aliphatic heterocycles. The fourth-order valence-corrected chi connectivity index (χ4v) is 3.94. The molecule has 0 saturated heterocycles. The summed E-state index contributed by atoms with van der Waals surface area (Å²) < 4.78 is 47.6. The van der Waals surface area contributed by atoms with Crippen molar-refractivity contribution in [3.63, 3.8) is 0 Å². The smallest absolute Gasteiger partial charge is 0.318 e. The van der Waals surface area contributed by atoms with Crippen molar-refractivity contribution < 1.29 is 31.6 Å². The summed E-state index contributed by atoms with van der Waals surface area (Å²) >= 11 is 0. The van der Waals surface area contributed by atoms with Crippen LogP contribution in [0.2, 0.25) is 0 Å². The molecule has 0 aliphatic carbocycles. The van der Waals surface area contributed by atoms with E-state index in [-0.39, 0.29) is 26.1 Å². The quantitative estimate of drug-likeness (QED) is 0.259. The van der Waals surface area contributed by atoms with Crippen LogP contribution in [0, 0.1) is 23.7 Å². The van der Waals surface area contributed by atoms with E-state index < -0.39 is 36.5 Å². The van der Waals surface area contributed by atoms with Crippen molar-refractivity contribution in [1.82, 2.24) is 19.7 Å². The summed E-state index contributed by atoms with van der Waals surface area (Å²) in [5.41, 5.74) is 2.54. The SMILES string of the molecule is C[C@@](CCN1Cc2cc(C#CC#CCNS(C)(=O)=O)cn2C1=O)(C(=O)NO)S(C)(=O)=O. The van der Waals surface area contributed by atoms with Gasteiger partial charge in [-0.25, -0.2) is 31.8 Å². The minimum atomic E-state index is -3.86. The molecule has 0 saturated carbocycles. The summed E-state index contributed by atoms with van der Waals surface area (Å²) in [7, 11) is -7.17. The van der Waals surface area contributed by atoms with Gasteiger partial charge in [0.25, 0.3) is 5.91 Å². The molecule has 1 atom stereocenters. The second kappa shape index (κ2) is 9.11. The highest BCUT2D eigenvalue weighted by Gasteiger charge is 2.44. The van der Waals surface area contributed by atoms with Crippen LogP contribution < -0.4 is 10.2 Å². The third-order valence-corrected chi connectivity index (χ3v) is 7.46. The molecule has 0 aromatic carbocycles. The molecule has 3 N–H and O–H groups in total. The summed E-state index contributed by atoms with van der Waals surface area (Å²) in [6.45, 7) is 1.31. The summed E-state index contributed by atoms with van der Waals surface area (Å²) in [6.07, 6.45) is 3.23. The predicted molar refractivity (Wildman–Crippen MR) is 111 cm³/mol. The largest absolute Gasteiger partial charge is 0.328 e. The number of sulfone groups is 1. The first-order chi connectivity index (χ1) is 14.3. The number of fused-ring (bicyclic) bond motifs is 1. The lowest BCUT2D eigenvalue weighted by molar-refractivity contribution is -0.131. The first-order valence-electron chi connectivity index (χ1n) is 8.86. The van der Waals surface area contributed by atoms with E-state index in [4.69, 9.17) is 5.21 Å². The first kappa shape index (κ1) is 24.4. The summed E-state index contributed by atoms with van der Waals surface area (Å²) in [5.74, 6) is 9.29. The van der Waals surface area contributed by atoms with Crippen LogP contribution in [0.3, 0.4) is 0 Å². The number of hydrogen-bond acceptors (Lipinski definition) is 7. The van der Waals surface area contributed by atoms with Gasteiger partial charge in [-0.15, -0.1) is 0 Å². The van der Waals surface area contributed by atoms with Crippen molar-refractivity contribution in [2.24, 2.45) is 0 Å². The number of amides is 2. The predicted octanol–water partition coefficient (Wildman–Crippen LogP) is -1.13. The fraction of sp³-hybridized carbons (Fsp3) is 0.444. The zero-order valence-corrected chi connectivity index (χ0v) is 18.7. The van der Waals surface area contributed by atoms with Gasteiger partial charge in [0.05, 0.1) is 19.3 Å². The van der Waals surface area contributed by atoms with Gasteiger partial charge in [0.1, 0.15) is 0 Å². The van der Waals surface area contributed by atoms with Gasteiger partial charge >= 0.3 is 6.03 Å². The molecule has 2 amide bonds. The summed E-state index contributed by atoms with van der Waals surface area (Å²) in [4.78, 5) is 25.8. The highest BCUT2D eigenvalue weighted by molar-refractivity contribution is 7.92. The molecule has 168 valence electrons. The highest BCUT2D eigenvalue weighted by Crippen LogP contribution is 2.25. The Morgan fingerprint density at radius 1 is 1.26 bits per heavy atom. The minimum Gasteiger partial charge on any atom is -0.318 e. The van der Waals surface area contributed by atoms with Crippen molar-refractivity contribution in [1.29, 1.82) is 0 Å². The van der Waals surface area contributed by atoms with Crippen LogP contribution in [0.25, 0.3) is 0 Å². The van der Waals surface area contributed by atoms with Gasteiger partial charge in [-0.05, 0) is 31.3 Å². The zero-order chi connectivity index (χ0) is 23.4. The maximum absolute atomic E-state index is 12.6. The number of carbonyl (C=O) groups excluding carboxylic acids is 2. The van der Waals surface area contributed by atoms with Crippen molar-refractivity contribution in [3.8, 4) is 23.7 Å². The lowest BCUT2D eigenvalue weighted by Crippen LogP contribution is -2.50. The zero-order valence-electron chi connectivity index (χ0n) is 17.1. The Labute approximate surface area is 180 Å². The van der Waals surface area contributed by atoms with Gasteiger partial charge in [-0.3, -0.25) is 14.6 Å². The molecule has 0 bridgehead atoms. The van der Waals surface area contributed by atoms with E-state index >= 15 is 0 Å². The molecule has 1 aromatic heterocycles. The molecule has 0 fully saturated rings. The molecule has 0 radical (unpaired) electrons. The Bertz CT molecular complexity index is 1230. The van der Waals surface area contributed by atoms with Gasteiger partial charge in [0.15, 0.2) is 14.6 Å². The van der Waals surface area contributed by atoms with Crippen molar-refractivity contribution >= 4 is 31.8 Å². The lowest BCUT2D eigenvalue weighted by atomic mass is 10.1. The number of aromatic nitrogens is 1. The van der Waals surface area contributed by atoms with Crippen LogP contribution in [0.15, 0.2) is 12.3 Å². The van der Waals surface area contributed by atoms with Crippen LogP contribution >= 0.6 is 0 Å². The standard InChI is InChI=1S/C18H22N4O7S2/c1-18(16(23)20-25,30(2,26)27)8-10-21-13-15-11-14(12-22(15)17(21)24)7-5-4-6-9-19-31(3,28)29/h11-12,19,25H,8-10,13H2,1-3H3,(H,20,23)/t18-/m1/s1. The van der Waals surface area contributed by atoms with Gasteiger partial charge in [-0.1, -0.05) is 11.8 Å². The van der Waals surface area contributed by atoms with E-state index in [0.717, 1.165) is 12.5 Å². The van der Waals surface area contributed by atoms with Gasteiger partial charge in [0.2, 0.25) is 10.0 Å². The molecule has 2 rings (SSSR count). The number of carbonyl (C=O) groups is 2. The molecule has 1 aromatic rings. The number of hydrogen-bond donors (Lipinski definition) is 3. The van der Waals surface area contributed by atoms with Crippen LogP contribution in [-0.2, 0) is 31.2 Å². The molecular formula is C18H22N4O7S2. The number of rotatable bonds is 7. The van der Waals surface area contributed by atoms with E-state index in [1.54, 1.807) is 6.07 Å². The van der Waals surface area contributed by atoms with Crippen LogP contribution in [0.4, 0.5) is 4.79 Å². The molecule has 31 heavy (non-hydrogen) atoms. The molecule has 11 nitrogen and oxygen atoms in total. The monoisotopic (exact) mass is 470 g/mol. The Balaban J connectivity index is 2.03. The van der Waals surface area contributed by atoms with Crippen LogP contribution in [0.5, 0.6) is 0 Å². The molecule has 13 heteroatoms. The Morgan fingerprint density at radius 3 is 2.48 bits per heavy atom. The van der Waals surface area contributed by atoms with Crippen molar-refractivity contribution in [2.45, 2.75) is 24.6 Å². The van der Waals surface area contributed by atoms with E-state index in [0.29, 0.717) is 11.3 Å². The molecule has 2 heterocycles. The highest BCUT2D eigenvalue weighted by atomic mass is 32.2. The third kappa shape index (κ3) is 5.86. The Morgan fingerprint density at radius 2 is 1.94 bits per heavy atom. The van der Waals surface area contributed by atoms with Crippen LogP contribution in [-0.4, -0.2) is 73.8 Å². The van der Waals surface area contributed by atoms with Gasteiger partial charge in [-0.2, -0.15) is 0 Å². The molecule has 0 unspecified atom stereocenters. The number of nitrogens with one attached hydrogen (secondary N) is 2. The first-order valence-corrected chi connectivity index (χ1v) is 12.6. The molecule has 1 aliphatic rings. The normalized spacial score (nSPS) is 15.2. The lowest BCUT2D eigenvalue weighted by Gasteiger charge is -2.27. The second-order valence-electron chi connectivity index (χ2n) is 7.13. The maximum atomic E-state index is 12.6. The minimum absolute atomic E-state index is 0.0165. The number of nitrogens with zero attached hydrogens (tertiary/aromatic N) is 2. The van der Waals surface area contributed by atoms with Gasteiger partial charge in [0, 0.05) is 30.3 Å². The molecule has 0 spiro atoms. The van der Waals surface area contributed by atoms with E-state index in [2.05, 4.69) is 28.4 Å². The third-order valence-electron chi connectivity index (χ3n) is 4.77. The maximum Gasteiger partial charge on any atom is 0.328 e. The number of hydroxylamine groups is 1. The van der Waals surface area contributed by atoms with E-state index in [1.165, 1.54) is 28.1 Å². The molecular weight excluding hydrogens is 448 g/mol. The van der Waals surface area contributed by atoms with E-state index in [9.17, 15) is 26.4 Å². The topological polar surface area (TPSA) is 155 Å². The van der Waals surface area contributed by atoms with E-state index in [1.807, 2.05) is 0 Å². The Hall–Kier alpha value is -2.84. The van der Waals surface area contributed by atoms with Crippen molar-refractivity contribution in [2.75, 3.05) is 25.6 Å². The van der Waals surface area contributed by atoms with Crippen LogP contribution in [0.1, 0.15) is 24.6 Å². The number of sulfonamides is 1. The van der Waals surface area contributed by atoms with Gasteiger partial charge < -0.3 is 4.90 Å². The summed E-state index contributed by atoms with van der Waals surface area (Å²) in [5, 5.41) is 8.87. The Kier molecular flexibility index (Phi) is 7.18. The van der Waals surface area contributed by atoms with Crippen molar-refractivity contribution in [3.05, 3.63) is 23.5 Å². The average Bonchev–Trinajstić information content (AvgIpc) is 3.18. The second-order valence-corrected chi connectivity index (χ2v) is 11.4. The average molecular weight is 471 g/mol. The fourth-order valence-electron chi connectivity index (χ4n) is 2.76.